The lowest BCUT2D eigenvalue weighted by Gasteiger charge is -2.18. The minimum atomic E-state index is -3.75. The topological polar surface area (TPSA) is 74.7 Å². The van der Waals surface area contributed by atoms with Crippen molar-refractivity contribution in [3.05, 3.63) is 28.2 Å². The number of carboxylic acid groups (broad SMARTS) is 1. The highest BCUT2D eigenvalue weighted by atomic mass is 79.9. The molecule has 0 bridgehead atoms. The van der Waals surface area contributed by atoms with Crippen molar-refractivity contribution in [2.24, 2.45) is 0 Å². The Bertz CT molecular complexity index is 556. The highest BCUT2D eigenvalue weighted by Crippen LogP contribution is 2.22. The van der Waals surface area contributed by atoms with E-state index in [-0.39, 0.29) is 11.4 Å². The van der Waals surface area contributed by atoms with E-state index < -0.39 is 22.5 Å². The van der Waals surface area contributed by atoms with Crippen LogP contribution in [0, 0.1) is 6.92 Å². The smallest absolute Gasteiger partial charge is 0.318 e. The van der Waals surface area contributed by atoms with Gasteiger partial charge in [-0.3, -0.25) is 4.79 Å². The third-order valence-corrected chi connectivity index (χ3v) is 5.24. The van der Waals surface area contributed by atoms with E-state index in [9.17, 15) is 13.2 Å². The summed E-state index contributed by atoms with van der Waals surface area (Å²) in [5.41, 5.74) is 0.780. The first-order valence-corrected chi connectivity index (χ1v) is 7.50. The summed E-state index contributed by atoms with van der Waals surface area (Å²) in [6.45, 7) is 2.96. The van der Waals surface area contributed by atoms with Gasteiger partial charge in [0.1, 0.15) is 6.54 Å². The van der Waals surface area contributed by atoms with Gasteiger partial charge in [-0.25, -0.2) is 8.42 Å². The van der Waals surface area contributed by atoms with Crippen molar-refractivity contribution in [2.75, 3.05) is 13.1 Å². The van der Waals surface area contributed by atoms with Crippen LogP contribution < -0.4 is 0 Å². The van der Waals surface area contributed by atoms with Crippen LogP contribution in [0.1, 0.15) is 12.5 Å². The Labute approximate surface area is 115 Å². The second-order valence-corrected chi connectivity index (χ2v) is 6.53. The largest absolute Gasteiger partial charge is 0.480 e. The normalized spacial score (nSPS) is 11.8. The third kappa shape index (κ3) is 3.30. The second kappa shape index (κ2) is 5.81. The van der Waals surface area contributed by atoms with Crippen LogP contribution in [0.15, 0.2) is 27.6 Å². The van der Waals surface area contributed by atoms with Crippen molar-refractivity contribution >= 4 is 31.9 Å². The van der Waals surface area contributed by atoms with Crippen molar-refractivity contribution in [2.45, 2.75) is 18.7 Å². The number of hydrogen-bond acceptors (Lipinski definition) is 3. The van der Waals surface area contributed by atoms with Crippen LogP contribution in [-0.2, 0) is 14.8 Å². The summed E-state index contributed by atoms with van der Waals surface area (Å²) in [6, 6.07) is 4.61. The van der Waals surface area contributed by atoms with Gasteiger partial charge in [0.15, 0.2) is 0 Å². The molecular formula is C11H14BrNO4S. The van der Waals surface area contributed by atoms with Gasteiger partial charge in [0.2, 0.25) is 10.0 Å². The van der Waals surface area contributed by atoms with Gasteiger partial charge in [0.05, 0.1) is 4.90 Å². The first-order chi connectivity index (χ1) is 8.28. The number of sulfonamides is 1. The van der Waals surface area contributed by atoms with Gasteiger partial charge in [0.25, 0.3) is 0 Å². The Hall–Kier alpha value is -0.920. The Kier molecular flexibility index (Phi) is 4.89. The molecule has 0 aliphatic heterocycles. The Balaban J connectivity index is 3.18. The van der Waals surface area contributed by atoms with Crippen molar-refractivity contribution in [1.82, 2.24) is 4.31 Å². The van der Waals surface area contributed by atoms with Gasteiger partial charge >= 0.3 is 5.97 Å². The number of aliphatic carboxylic acids is 1. The number of rotatable bonds is 5. The third-order valence-electron chi connectivity index (χ3n) is 2.43. The van der Waals surface area contributed by atoms with E-state index in [1.54, 1.807) is 19.9 Å². The van der Waals surface area contributed by atoms with E-state index in [1.807, 2.05) is 0 Å². The van der Waals surface area contributed by atoms with Crippen molar-refractivity contribution in [3.63, 3.8) is 0 Å². The Morgan fingerprint density at radius 1 is 1.44 bits per heavy atom. The molecule has 1 aromatic carbocycles. The Morgan fingerprint density at radius 3 is 2.50 bits per heavy atom. The standard InChI is InChI=1S/C11H14BrNO4S/c1-3-13(7-11(14)15)18(16,17)9-4-5-10(12)8(2)6-9/h4-6H,3,7H2,1-2H3,(H,14,15). The molecule has 1 rings (SSSR count). The van der Waals surface area contributed by atoms with E-state index in [1.165, 1.54) is 12.1 Å². The molecule has 0 amide bonds. The fourth-order valence-corrected chi connectivity index (χ4v) is 3.18. The highest BCUT2D eigenvalue weighted by molar-refractivity contribution is 9.10. The molecule has 1 N–H and O–H groups in total. The molecule has 0 aliphatic rings. The Morgan fingerprint density at radius 2 is 2.06 bits per heavy atom. The van der Waals surface area contributed by atoms with Gasteiger partial charge in [-0.05, 0) is 30.7 Å². The van der Waals surface area contributed by atoms with Crippen LogP contribution in [0.4, 0.5) is 0 Å². The molecule has 1 aromatic rings. The van der Waals surface area contributed by atoms with Crippen LogP contribution >= 0.6 is 15.9 Å². The van der Waals surface area contributed by atoms with Crippen LogP contribution in [0.3, 0.4) is 0 Å². The fourth-order valence-electron chi connectivity index (χ4n) is 1.44. The average molecular weight is 336 g/mol. The second-order valence-electron chi connectivity index (χ2n) is 3.74. The molecule has 0 aliphatic carbocycles. The number of carbonyl (C=O) groups is 1. The number of aryl methyl sites for hydroxylation is 1. The predicted molar refractivity (Wildman–Crippen MR) is 70.9 cm³/mol. The minimum absolute atomic E-state index is 0.103. The maximum Gasteiger partial charge on any atom is 0.318 e. The molecule has 0 saturated carbocycles. The fraction of sp³-hybridized carbons (Fsp3) is 0.364. The number of likely N-dealkylation sites (N-methyl/N-ethyl adjacent to an activating group) is 1. The molecular weight excluding hydrogens is 322 g/mol. The van der Waals surface area contributed by atoms with Crippen molar-refractivity contribution in [1.29, 1.82) is 0 Å². The molecule has 0 atom stereocenters. The maximum absolute atomic E-state index is 12.2. The molecule has 0 aromatic heterocycles. The van der Waals surface area contributed by atoms with Gasteiger partial charge < -0.3 is 5.11 Å². The lowest BCUT2D eigenvalue weighted by Crippen LogP contribution is -2.35. The molecule has 100 valence electrons. The van der Waals surface area contributed by atoms with E-state index in [0.717, 1.165) is 14.3 Å². The highest BCUT2D eigenvalue weighted by Gasteiger charge is 2.25. The van der Waals surface area contributed by atoms with Gasteiger partial charge in [-0.1, -0.05) is 22.9 Å². The van der Waals surface area contributed by atoms with E-state index in [4.69, 9.17) is 5.11 Å². The first kappa shape index (κ1) is 15.1. The molecule has 0 spiro atoms. The van der Waals surface area contributed by atoms with Crippen LogP contribution in [0.25, 0.3) is 0 Å². The predicted octanol–water partition coefficient (Wildman–Crippen LogP) is 1.85. The molecule has 18 heavy (non-hydrogen) atoms. The zero-order valence-corrected chi connectivity index (χ0v) is 12.5. The summed E-state index contributed by atoms with van der Waals surface area (Å²) in [5.74, 6) is -1.17. The molecule has 0 radical (unpaired) electrons. The number of carboxylic acids is 1. The van der Waals surface area contributed by atoms with Crippen molar-refractivity contribution < 1.29 is 18.3 Å². The maximum atomic E-state index is 12.2. The SMILES string of the molecule is CCN(CC(=O)O)S(=O)(=O)c1ccc(Br)c(C)c1. The number of halogens is 1. The molecule has 0 unspecified atom stereocenters. The number of hydrogen-bond donors (Lipinski definition) is 1. The number of nitrogens with zero attached hydrogens (tertiary/aromatic N) is 1. The van der Waals surface area contributed by atoms with Crippen LogP contribution in [0.2, 0.25) is 0 Å². The van der Waals surface area contributed by atoms with Gasteiger partial charge in [0, 0.05) is 11.0 Å². The summed E-state index contributed by atoms with van der Waals surface area (Å²) in [5, 5.41) is 8.71. The lowest BCUT2D eigenvalue weighted by molar-refractivity contribution is -0.137. The van der Waals surface area contributed by atoms with Crippen molar-refractivity contribution in [3.8, 4) is 0 Å². The molecule has 5 nitrogen and oxygen atoms in total. The summed E-state index contributed by atoms with van der Waals surface area (Å²) >= 11 is 3.29. The van der Waals surface area contributed by atoms with Gasteiger partial charge in [-0.2, -0.15) is 4.31 Å². The van der Waals surface area contributed by atoms with E-state index in [0.29, 0.717) is 0 Å². The summed E-state index contributed by atoms with van der Waals surface area (Å²) in [4.78, 5) is 10.8. The summed E-state index contributed by atoms with van der Waals surface area (Å²) in [7, 11) is -3.75. The summed E-state index contributed by atoms with van der Waals surface area (Å²) in [6.07, 6.45) is 0. The van der Waals surface area contributed by atoms with E-state index in [2.05, 4.69) is 15.9 Å². The minimum Gasteiger partial charge on any atom is -0.480 e. The monoisotopic (exact) mass is 335 g/mol. The average Bonchev–Trinajstić information content (AvgIpc) is 2.28. The zero-order valence-electron chi connectivity index (χ0n) is 10.1. The summed E-state index contributed by atoms with van der Waals surface area (Å²) < 4.78 is 26.2. The lowest BCUT2D eigenvalue weighted by atomic mass is 10.2. The van der Waals surface area contributed by atoms with Crippen LogP contribution in [0.5, 0.6) is 0 Å². The van der Waals surface area contributed by atoms with E-state index >= 15 is 0 Å². The van der Waals surface area contributed by atoms with Gasteiger partial charge in [-0.15, -0.1) is 0 Å². The number of benzene rings is 1. The quantitative estimate of drug-likeness (QED) is 0.891. The first-order valence-electron chi connectivity index (χ1n) is 5.27. The zero-order chi connectivity index (χ0) is 13.9. The molecule has 0 fully saturated rings. The van der Waals surface area contributed by atoms with Crippen LogP contribution in [-0.4, -0.2) is 36.9 Å². The molecule has 0 heterocycles. The molecule has 0 saturated heterocycles. The molecule has 7 heteroatoms.